The van der Waals surface area contributed by atoms with Gasteiger partial charge < -0.3 is 9.64 Å². The maximum atomic E-state index is 12.2. The van der Waals surface area contributed by atoms with E-state index in [0.717, 1.165) is 10.9 Å². The molecule has 0 atom stereocenters. The fraction of sp³-hybridized carbons (Fsp3) is 0.267. The van der Waals surface area contributed by atoms with Gasteiger partial charge in [0, 0.05) is 30.2 Å². The number of aromatic nitrogens is 1. The molecule has 102 valence electrons. The molecule has 3 rings (SSSR count). The molecule has 2 aromatic rings. The molecular weight excluding hydrogens is 256 g/mol. The molecule has 1 saturated heterocycles. The summed E-state index contributed by atoms with van der Waals surface area (Å²) in [7, 11) is 0. The van der Waals surface area contributed by atoms with E-state index in [1.54, 1.807) is 35.4 Å². The molecule has 1 aliphatic heterocycles. The van der Waals surface area contributed by atoms with E-state index >= 15 is 0 Å². The van der Waals surface area contributed by atoms with Gasteiger partial charge in [0.1, 0.15) is 0 Å². The number of amides is 1. The summed E-state index contributed by atoms with van der Waals surface area (Å²) in [6.07, 6.45) is 1.70. The zero-order valence-corrected chi connectivity index (χ0v) is 10.9. The van der Waals surface area contributed by atoms with Crippen molar-refractivity contribution in [3.05, 3.63) is 42.1 Å². The predicted octanol–water partition coefficient (Wildman–Crippen LogP) is 1.28. The van der Waals surface area contributed by atoms with Crippen molar-refractivity contribution in [1.82, 2.24) is 9.88 Å². The summed E-state index contributed by atoms with van der Waals surface area (Å²) in [6.45, 7) is 1.92. The van der Waals surface area contributed by atoms with Crippen LogP contribution in [0.2, 0.25) is 0 Å². The van der Waals surface area contributed by atoms with Gasteiger partial charge in [-0.05, 0) is 24.3 Å². The van der Waals surface area contributed by atoms with Gasteiger partial charge in [0.25, 0.3) is 5.91 Å². The van der Waals surface area contributed by atoms with Crippen LogP contribution in [0.15, 0.2) is 36.5 Å². The molecular formula is C15H14N2O3. The summed E-state index contributed by atoms with van der Waals surface area (Å²) >= 11 is 0. The number of nitrogens with zero attached hydrogens (tertiary/aromatic N) is 2. The van der Waals surface area contributed by atoms with Crippen LogP contribution < -0.4 is 0 Å². The molecule has 5 heteroatoms. The van der Waals surface area contributed by atoms with Crippen molar-refractivity contribution in [3.8, 4) is 0 Å². The maximum absolute atomic E-state index is 12.2. The number of Topliss-reactive ketones (excluding diaryl/α,β-unsaturated/α-hetero) is 1. The number of ether oxygens (including phenoxy) is 1. The molecule has 2 heterocycles. The van der Waals surface area contributed by atoms with Gasteiger partial charge in [-0.1, -0.05) is 6.07 Å². The van der Waals surface area contributed by atoms with E-state index in [9.17, 15) is 9.59 Å². The van der Waals surface area contributed by atoms with Crippen LogP contribution in [0.25, 0.3) is 10.9 Å². The Morgan fingerprint density at radius 3 is 2.75 bits per heavy atom. The lowest BCUT2D eigenvalue weighted by molar-refractivity contribution is -0.130. The standard InChI is InChI=1S/C15H14N2O3/c18-14(15(19)17-6-8-20-9-7-17)12-3-4-13-11(10-12)2-1-5-16-13/h1-5,10H,6-9H2. The van der Waals surface area contributed by atoms with E-state index in [0.29, 0.717) is 31.9 Å². The predicted molar refractivity (Wildman–Crippen MR) is 73.5 cm³/mol. The first kappa shape index (κ1) is 12.7. The third kappa shape index (κ3) is 2.40. The van der Waals surface area contributed by atoms with Crippen LogP contribution >= 0.6 is 0 Å². The van der Waals surface area contributed by atoms with Gasteiger partial charge in [-0.15, -0.1) is 0 Å². The van der Waals surface area contributed by atoms with E-state index in [4.69, 9.17) is 4.74 Å². The van der Waals surface area contributed by atoms with Crippen LogP contribution in [0.5, 0.6) is 0 Å². The molecule has 0 bridgehead atoms. The molecule has 5 nitrogen and oxygen atoms in total. The highest BCUT2D eigenvalue weighted by Crippen LogP contribution is 2.14. The van der Waals surface area contributed by atoms with Gasteiger partial charge >= 0.3 is 0 Å². The second-order valence-corrected chi connectivity index (χ2v) is 4.64. The van der Waals surface area contributed by atoms with Crippen molar-refractivity contribution in [2.75, 3.05) is 26.3 Å². The lowest BCUT2D eigenvalue weighted by Gasteiger charge is -2.26. The maximum Gasteiger partial charge on any atom is 0.295 e. The van der Waals surface area contributed by atoms with E-state index < -0.39 is 11.7 Å². The Kier molecular flexibility index (Phi) is 3.43. The van der Waals surface area contributed by atoms with Crippen LogP contribution in [-0.2, 0) is 9.53 Å². The average molecular weight is 270 g/mol. The highest BCUT2D eigenvalue weighted by atomic mass is 16.5. The summed E-state index contributed by atoms with van der Waals surface area (Å²) < 4.78 is 5.18. The normalized spacial score (nSPS) is 15.3. The molecule has 0 N–H and O–H groups in total. The third-order valence-electron chi connectivity index (χ3n) is 3.36. The van der Waals surface area contributed by atoms with E-state index in [2.05, 4.69) is 4.98 Å². The molecule has 1 aromatic heterocycles. The minimum absolute atomic E-state index is 0.405. The SMILES string of the molecule is O=C(C(=O)N1CCOCC1)c1ccc2ncccc2c1. The molecule has 0 saturated carbocycles. The Morgan fingerprint density at radius 2 is 1.95 bits per heavy atom. The molecule has 0 radical (unpaired) electrons. The van der Waals surface area contributed by atoms with Gasteiger partial charge in [0.15, 0.2) is 0 Å². The van der Waals surface area contributed by atoms with Crippen molar-refractivity contribution in [3.63, 3.8) is 0 Å². The minimum Gasteiger partial charge on any atom is -0.378 e. The molecule has 20 heavy (non-hydrogen) atoms. The smallest absolute Gasteiger partial charge is 0.295 e. The van der Waals surface area contributed by atoms with Crippen LogP contribution in [-0.4, -0.2) is 47.9 Å². The average Bonchev–Trinajstić information content (AvgIpc) is 2.54. The number of hydrogen-bond acceptors (Lipinski definition) is 4. The summed E-state index contributed by atoms with van der Waals surface area (Å²) in [4.78, 5) is 30.1. The fourth-order valence-corrected chi connectivity index (χ4v) is 2.25. The Morgan fingerprint density at radius 1 is 1.15 bits per heavy atom. The number of carbonyl (C=O) groups is 2. The highest BCUT2D eigenvalue weighted by molar-refractivity contribution is 6.43. The number of carbonyl (C=O) groups excluding carboxylic acids is 2. The molecule has 0 unspecified atom stereocenters. The highest BCUT2D eigenvalue weighted by Gasteiger charge is 2.24. The Labute approximate surface area is 116 Å². The van der Waals surface area contributed by atoms with Crippen LogP contribution in [0.1, 0.15) is 10.4 Å². The van der Waals surface area contributed by atoms with Gasteiger partial charge in [-0.3, -0.25) is 14.6 Å². The van der Waals surface area contributed by atoms with Crippen LogP contribution in [0.3, 0.4) is 0 Å². The zero-order valence-electron chi connectivity index (χ0n) is 10.9. The molecule has 1 fully saturated rings. The topological polar surface area (TPSA) is 59.5 Å². The van der Waals surface area contributed by atoms with Crippen molar-refractivity contribution in [1.29, 1.82) is 0 Å². The molecule has 0 spiro atoms. The Bertz CT molecular complexity index is 663. The van der Waals surface area contributed by atoms with E-state index in [-0.39, 0.29) is 0 Å². The van der Waals surface area contributed by atoms with E-state index in [1.807, 2.05) is 6.07 Å². The fourth-order valence-electron chi connectivity index (χ4n) is 2.25. The van der Waals surface area contributed by atoms with Crippen LogP contribution in [0, 0.1) is 0 Å². The molecule has 1 aliphatic rings. The zero-order chi connectivity index (χ0) is 13.9. The van der Waals surface area contributed by atoms with Crippen LogP contribution in [0.4, 0.5) is 0 Å². The largest absolute Gasteiger partial charge is 0.378 e. The molecule has 1 aromatic carbocycles. The minimum atomic E-state index is -0.474. The summed E-state index contributed by atoms with van der Waals surface area (Å²) in [5.41, 5.74) is 1.21. The number of benzene rings is 1. The Hall–Kier alpha value is -2.27. The number of pyridine rings is 1. The monoisotopic (exact) mass is 270 g/mol. The van der Waals surface area contributed by atoms with Crippen molar-refractivity contribution in [2.24, 2.45) is 0 Å². The number of morpholine rings is 1. The summed E-state index contributed by atoms with van der Waals surface area (Å²) in [5.74, 6) is -0.936. The summed E-state index contributed by atoms with van der Waals surface area (Å²) in [5, 5.41) is 0.855. The number of fused-ring (bicyclic) bond motifs is 1. The number of hydrogen-bond donors (Lipinski definition) is 0. The number of rotatable bonds is 2. The molecule has 1 amide bonds. The van der Waals surface area contributed by atoms with Crippen molar-refractivity contribution >= 4 is 22.6 Å². The second-order valence-electron chi connectivity index (χ2n) is 4.64. The second kappa shape index (κ2) is 5.38. The number of ketones is 1. The van der Waals surface area contributed by atoms with Gasteiger partial charge in [0.05, 0.1) is 18.7 Å². The van der Waals surface area contributed by atoms with Gasteiger partial charge in [-0.25, -0.2) is 0 Å². The van der Waals surface area contributed by atoms with Gasteiger partial charge in [0.2, 0.25) is 5.78 Å². The third-order valence-corrected chi connectivity index (χ3v) is 3.36. The molecule has 0 aliphatic carbocycles. The first-order valence-corrected chi connectivity index (χ1v) is 6.52. The summed E-state index contributed by atoms with van der Waals surface area (Å²) in [6, 6.07) is 8.80. The Balaban J connectivity index is 1.86. The van der Waals surface area contributed by atoms with E-state index in [1.165, 1.54) is 0 Å². The quantitative estimate of drug-likeness (QED) is 0.609. The first-order valence-electron chi connectivity index (χ1n) is 6.52. The first-order chi connectivity index (χ1) is 9.75. The van der Waals surface area contributed by atoms with Gasteiger partial charge in [-0.2, -0.15) is 0 Å². The van der Waals surface area contributed by atoms with Crippen molar-refractivity contribution in [2.45, 2.75) is 0 Å². The van der Waals surface area contributed by atoms with Crippen molar-refractivity contribution < 1.29 is 14.3 Å². The lowest BCUT2D eigenvalue weighted by Crippen LogP contribution is -2.44. The lowest BCUT2D eigenvalue weighted by atomic mass is 10.1.